The summed E-state index contributed by atoms with van der Waals surface area (Å²) in [4.78, 5) is 18.7. The number of carbonyl (C=O) groups excluding carboxylic acids is 1. The Morgan fingerprint density at radius 3 is 3.05 bits per heavy atom. The summed E-state index contributed by atoms with van der Waals surface area (Å²) in [5.41, 5.74) is 0.804. The molecule has 0 aromatic carbocycles. The van der Waals surface area contributed by atoms with Gasteiger partial charge in [-0.3, -0.25) is 4.79 Å². The third kappa shape index (κ3) is 2.63. The maximum absolute atomic E-state index is 12.4. The Morgan fingerprint density at radius 2 is 2.35 bits per heavy atom. The molecule has 1 unspecified atom stereocenters. The van der Waals surface area contributed by atoms with Crippen molar-refractivity contribution in [1.82, 2.24) is 9.88 Å². The van der Waals surface area contributed by atoms with Crippen LogP contribution in [0.4, 0.5) is 0 Å². The summed E-state index contributed by atoms with van der Waals surface area (Å²) in [6.45, 7) is 5.79. The maximum atomic E-state index is 12.4. The summed E-state index contributed by atoms with van der Waals surface area (Å²) in [5.74, 6) is 1.65. The fraction of sp³-hybridized carbons (Fsp3) is 0.467. The van der Waals surface area contributed by atoms with E-state index in [-0.39, 0.29) is 5.91 Å². The lowest BCUT2D eigenvalue weighted by atomic mass is 10.0. The molecule has 1 amide bonds. The van der Waals surface area contributed by atoms with Crippen LogP contribution >= 0.6 is 11.3 Å². The molecule has 1 aliphatic rings. The van der Waals surface area contributed by atoms with E-state index >= 15 is 0 Å². The van der Waals surface area contributed by atoms with Crippen molar-refractivity contribution in [3.05, 3.63) is 28.3 Å². The zero-order chi connectivity index (χ0) is 14.1. The van der Waals surface area contributed by atoms with E-state index in [0.29, 0.717) is 17.4 Å². The van der Waals surface area contributed by atoms with Crippen LogP contribution in [0.1, 0.15) is 35.3 Å². The van der Waals surface area contributed by atoms with Gasteiger partial charge in [-0.15, -0.1) is 11.3 Å². The van der Waals surface area contributed by atoms with E-state index in [1.54, 1.807) is 17.4 Å². The summed E-state index contributed by atoms with van der Waals surface area (Å²) in [6, 6.07) is 3.58. The average molecular weight is 290 g/mol. The minimum absolute atomic E-state index is 0.00486. The molecule has 1 atom stereocenters. The molecule has 0 saturated carbocycles. The molecule has 20 heavy (non-hydrogen) atoms. The van der Waals surface area contributed by atoms with Gasteiger partial charge in [0.1, 0.15) is 5.69 Å². The van der Waals surface area contributed by atoms with Crippen LogP contribution in [-0.4, -0.2) is 28.9 Å². The van der Waals surface area contributed by atoms with E-state index in [1.165, 1.54) is 6.42 Å². The van der Waals surface area contributed by atoms with Crippen molar-refractivity contribution in [3.63, 3.8) is 0 Å². The molecule has 0 radical (unpaired) electrons. The minimum Gasteiger partial charge on any atom is -0.449 e. The van der Waals surface area contributed by atoms with Crippen LogP contribution in [-0.2, 0) is 0 Å². The van der Waals surface area contributed by atoms with Gasteiger partial charge in [0.2, 0.25) is 0 Å². The van der Waals surface area contributed by atoms with E-state index in [9.17, 15) is 4.79 Å². The van der Waals surface area contributed by atoms with Crippen molar-refractivity contribution in [1.29, 1.82) is 0 Å². The Labute approximate surface area is 122 Å². The lowest BCUT2D eigenvalue weighted by Gasteiger charge is -2.30. The van der Waals surface area contributed by atoms with Crippen molar-refractivity contribution < 1.29 is 9.21 Å². The van der Waals surface area contributed by atoms with Gasteiger partial charge in [0.05, 0.1) is 5.01 Å². The molecule has 0 N–H and O–H groups in total. The second-order valence-electron chi connectivity index (χ2n) is 5.41. The summed E-state index contributed by atoms with van der Waals surface area (Å²) in [6.07, 6.45) is 2.27. The number of carbonyl (C=O) groups is 1. The molecule has 0 bridgehead atoms. The molecule has 106 valence electrons. The van der Waals surface area contributed by atoms with Crippen molar-refractivity contribution >= 4 is 17.2 Å². The van der Waals surface area contributed by atoms with Crippen molar-refractivity contribution in [3.8, 4) is 11.5 Å². The van der Waals surface area contributed by atoms with Crippen molar-refractivity contribution in [2.45, 2.75) is 26.7 Å². The largest absolute Gasteiger partial charge is 0.449 e. The third-order valence-electron chi connectivity index (χ3n) is 3.63. The Bertz CT molecular complexity index is 617. The first kappa shape index (κ1) is 13.4. The molecule has 0 aliphatic carbocycles. The standard InChI is InChI=1S/C15H18N2O2S/c1-10-4-3-7-17(8-10)15(18)14-6-5-13(19-14)12-9-20-11(2)16-12/h5-6,9-10H,3-4,7-8H2,1-2H3. The highest BCUT2D eigenvalue weighted by Gasteiger charge is 2.24. The molecule has 1 fully saturated rings. The van der Waals surface area contributed by atoms with Gasteiger partial charge in [0, 0.05) is 18.5 Å². The molecule has 2 aromatic rings. The predicted octanol–water partition coefficient (Wildman–Crippen LogP) is 3.58. The molecular formula is C15H18N2O2S. The van der Waals surface area contributed by atoms with E-state index < -0.39 is 0 Å². The van der Waals surface area contributed by atoms with Crippen LogP contribution in [0.25, 0.3) is 11.5 Å². The van der Waals surface area contributed by atoms with Crippen LogP contribution in [0.3, 0.4) is 0 Å². The first-order chi connectivity index (χ1) is 9.63. The zero-order valence-corrected chi connectivity index (χ0v) is 12.6. The minimum atomic E-state index is -0.00486. The molecule has 0 spiro atoms. The Kier molecular flexibility index (Phi) is 3.61. The second kappa shape index (κ2) is 5.40. The number of hydrogen-bond acceptors (Lipinski definition) is 4. The van der Waals surface area contributed by atoms with Gasteiger partial charge in [-0.2, -0.15) is 0 Å². The van der Waals surface area contributed by atoms with E-state index in [2.05, 4.69) is 11.9 Å². The number of hydrogen-bond donors (Lipinski definition) is 0. The number of amides is 1. The summed E-state index contributed by atoms with van der Waals surface area (Å²) in [7, 11) is 0. The van der Waals surface area contributed by atoms with Crippen LogP contribution in [0.2, 0.25) is 0 Å². The Balaban J connectivity index is 1.77. The predicted molar refractivity (Wildman–Crippen MR) is 78.9 cm³/mol. The molecule has 4 nitrogen and oxygen atoms in total. The number of furan rings is 1. The van der Waals surface area contributed by atoms with Gasteiger partial charge in [-0.25, -0.2) is 4.98 Å². The highest BCUT2D eigenvalue weighted by molar-refractivity contribution is 7.09. The number of aromatic nitrogens is 1. The maximum Gasteiger partial charge on any atom is 0.289 e. The van der Waals surface area contributed by atoms with E-state index in [1.807, 2.05) is 23.3 Å². The Hall–Kier alpha value is -1.62. The number of thiazole rings is 1. The molecule has 5 heteroatoms. The summed E-state index contributed by atoms with van der Waals surface area (Å²) in [5, 5.41) is 2.94. The van der Waals surface area contributed by atoms with Gasteiger partial charge < -0.3 is 9.32 Å². The summed E-state index contributed by atoms with van der Waals surface area (Å²) < 4.78 is 5.69. The Morgan fingerprint density at radius 1 is 1.50 bits per heavy atom. The molecule has 3 heterocycles. The highest BCUT2D eigenvalue weighted by atomic mass is 32.1. The van der Waals surface area contributed by atoms with Crippen LogP contribution < -0.4 is 0 Å². The van der Waals surface area contributed by atoms with Crippen LogP contribution in [0.5, 0.6) is 0 Å². The fourth-order valence-corrected chi connectivity index (χ4v) is 3.20. The molecular weight excluding hydrogens is 272 g/mol. The van der Waals surface area contributed by atoms with Gasteiger partial charge in [0.25, 0.3) is 5.91 Å². The fourth-order valence-electron chi connectivity index (χ4n) is 2.60. The SMILES string of the molecule is Cc1nc(-c2ccc(C(=O)N3CCCC(C)C3)o2)cs1. The van der Waals surface area contributed by atoms with Crippen LogP contribution in [0, 0.1) is 12.8 Å². The van der Waals surface area contributed by atoms with Gasteiger partial charge in [-0.05, 0) is 37.8 Å². The lowest BCUT2D eigenvalue weighted by Crippen LogP contribution is -2.38. The van der Waals surface area contributed by atoms with E-state index in [0.717, 1.165) is 30.2 Å². The van der Waals surface area contributed by atoms with Gasteiger partial charge >= 0.3 is 0 Å². The molecule has 1 aliphatic heterocycles. The zero-order valence-electron chi connectivity index (χ0n) is 11.8. The smallest absolute Gasteiger partial charge is 0.289 e. The summed E-state index contributed by atoms with van der Waals surface area (Å²) >= 11 is 1.58. The number of rotatable bonds is 2. The van der Waals surface area contributed by atoms with Gasteiger partial charge in [-0.1, -0.05) is 6.92 Å². The van der Waals surface area contributed by atoms with Crippen LogP contribution in [0.15, 0.2) is 21.9 Å². The topological polar surface area (TPSA) is 46.3 Å². The van der Waals surface area contributed by atoms with E-state index in [4.69, 9.17) is 4.42 Å². The second-order valence-corrected chi connectivity index (χ2v) is 6.48. The molecule has 1 saturated heterocycles. The monoisotopic (exact) mass is 290 g/mol. The number of piperidine rings is 1. The highest BCUT2D eigenvalue weighted by Crippen LogP contribution is 2.25. The van der Waals surface area contributed by atoms with Gasteiger partial charge in [0.15, 0.2) is 11.5 Å². The molecule has 3 rings (SSSR count). The average Bonchev–Trinajstić information content (AvgIpc) is 3.06. The third-order valence-corrected chi connectivity index (χ3v) is 4.41. The number of aryl methyl sites for hydroxylation is 1. The first-order valence-electron chi connectivity index (χ1n) is 6.95. The number of likely N-dealkylation sites (tertiary alicyclic amines) is 1. The molecule has 2 aromatic heterocycles. The van der Waals surface area contributed by atoms with Crippen molar-refractivity contribution in [2.24, 2.45) is 5.92 Å². The number of nitrogens with zero attached hydrogens (tertiary/aromatic N) is 2. The normalized spacial score (nSPS) is 19.3. The first-order valence-corrected chi connectivity index (χ1v) is 7.83. The lowest BCUT2D eigenvalue weighted by molar-refractivity contribution is 0.0652. The van der Waals surface area contributed by atoms with Crippen molar-refractivity contribution in [2.75, 3.05) is 13.1 Å². The quantitative estimate of drug-likeness (QED) is 0.849.